The van der Waals surface area contributed by atoms with Crippen LogP contribution in [0.2, 0.25) is 0 Å². The van der Waals surface area contributed by atoms with Gasteiger partial charge in [-0.15, -0.1) is 0 Å². The molecule has 0 unspecified atom stereocenters. The summed E-state index contributed by atoms with van der Waals surface area (Å²) in [6, 6.07) is 0. The van der Waals surface area contributed by atoms with Crippen LogP contribution in [0.5, 0.6) is 0 Å². The highest BCUT2D eigenvalue weighted by Crippen LogP contribution is 2.17. The first-order valence-electron chi connectivity index (χ1n) is 9.48. The highest BCUT2D eigenvalue weighted by Gasteiger charge is 2.25. The van der Waals surface area contributed by atoms with Crippen molar-refractivity contribution in [1.82, 2.24) is 15.2 Å². The lowest BCUT2D eigenvalue weighted by Gasteiger charge is -2.32. The lowest BCUT2D eigenvalue weighted by atomic mass is 9.96. The molecule has 1 saturated heterocycles. The Morgan fingerprint density at radius 3 is 2.64 bits per heavy atom. The van der Waals surface area contributed by atoms with Gasteiger partial charge in [0.25, 0.3) is 5.91 Å². The summed E-state index contributed by atoms with van der Waals surface area (Å²) in [5, 5.41) is 17.2. The van der Waals surface area contributed by atoms with E-state index in [2.05, 4.69) is 29.2 Å². The van der Waals surface area contributed by atoms with E-state index in [1.165, 1.54) is 18.0 Å². The summed E-state index contributed by atoms with van der Waals surface area (Å²) in [7, 11) is 0. The topological polar surface area (TPSA) is 85.2 Å². The Kier molecular flexibility index (Phi) is 7.84. The van der Waals surface area contributed by atoms with Gasteiger partial charge in [0.2, 0.25) is 5.91 Å². The lowest BCUT2D eigenvalue weighted by Crippen LogP contribution is -2.43. The van der Waals surface area contributed by atoms with Crippen molar-refractivity contribution in [3.05, 3.63) is 0 Å². The molecule has 2 heterocycles. The number of hydrazone groups is 1. The third-order valence-electron chi connectivity index (χ3n) is 4.96. The Morgan fingerprint density at radius 2 is 2.00 bits per heavy atom. The molecule has 2 aliphatic rings. The zero-order chi connectivity index (χ0) is 18.2. The minimum absolute atomic E-state index is 0.139. The number of nitrogens with zero attached hydrogens (tertiary/aromatic N) is 3. The van der Waals surface area contributed by atoms with Gasteiger partial charge in [0.1, 0.15) is 5.71 Å². The molecule has 0 bridgehead atoms. The number of nitrogens with one attached hydrogen (secondary N) is 1. The standard InChI is InChI=1S/C18H32N4O3/c1-14(2)5-8-21-9-6-15(7-10-21)13-19-18(25)16-3-4-17(24)22(20-16)11-12-23/h14-15,23H,3-13H2,1-2H3,(H,19,25). The molecule has 2 rings (SSSR count). The molecule has 0 aromatic heterocycles. The van der Waals surface area contributed by atoms with E-state index >= 15 is 0 Å². The number of aliphatic hydroxyl groups is 1. The summed E-state index contributed by atoms with van der Waals surface area (Å²) in [4.78, 5) is 26.5. The summed E-state index contributed by atoms with van der Waals surface area (Å²) >= 11 is 0. The fourth-order valence-corrected chi connectivity index (χ4v) is 3.23. The maximum atomic E-state index is 12.3. The first-order valence-corrected chi connectivity index (χ1v) is 9.48. The van der Waals surface area contributed by atoms with Crippen molar-refractivity contribution in [2.24, 2.45) is 16.9 Å². The number of hydrogen-bond donors (Lipinski definition) is 2. The van der Waals surface area contributed by atoms with Crippen molar-refractivity contribution in [3.63, 3.8) is 0 Å². The Labute approximate surface area is 150 Å². The molecule has 7 heteroatoms. The summed E-state index contributed by atoms with van der Waals surface area (Å²) < 4.78 is 0. The fourth-order valence-electron chi connectivity index (χ4n) is 3.23. The molecular formula is C18H32N4O3. The molecule has 0 atom stereocenters. The van der Waals surface area contributed by atoms with Crippen LogP contribution in [-0.4, -0.2) is 71.9 Å². The van der Waals surface area contributed by atoms with Crippen molar-refractivity contribution in [3.8, 4) is 0 Å². The minimum Gasteiger partial charge on any atom is -0.394 e. The summed E-state index contributed by atoms with van der Waals surface area (Å²) in [6.45, 7) is 8.55. The predicted octanol–water partition coefficient (Wildman–Crippen LogP) is 0.831. The van der Waals surface area contributed by atoms with Gasteiger partial charge in [-0.2, -0.15) is 5.10 Å². The molecule has 2 aliphatic heterocycles. The quantitative estimate of drug-likeness (QED) is 0.678. The average Bonchev–Trinajstić information content (AvgIpc) is 2.60. The summed E-state index contributed by atoms with van der Waals surface area (Å²) in [5.74, 6) is 0.932. The molecule has 0 aromatic rings. The van der Waals surface area contributed by atoms with Gasteiger partial charge in [-0.25, -0.2) is 5.01 Å². The minimum atomic E-state index is -0.183. The van der Waals surface area contributed by atoms with E-state index in [0.29, 0.717) is 24.6 Å². The number of β-amino-alcohol motifs (C(OH)–C–C–N with tert-alkyl or cyclic N) is 1. The first kappa shape index (κ1) is 19.8. The van der Waals surface area contributed by atoms with Crippen LogP contribution >= 0.6 is 0 Å². The van der Waals surface area contributed by atoms with Crippen LogP contribution < -0.4 is 5.32 Å². The molecular weight excluding hydrogens is 320 g/mol. The third kappa shape index (κ3) is 6.40. The van der Waals surface area contributed by atoms with Crippen LogP contribution in [0.15, 0.2) is 5.10 Å². The van der Waals surface area contributed by atoms with E-state index in [1.807, 2.05) is 0 Å². The van der Waals surface area contributed by atoms with Crippen molar-refractivity contribution in [2.75, 3.05) is 39.3 Å². The highest BCUT2D eigenvalue weighted by molar-refractivity contribution is 6.39. The zero-order valence-electron chi connectivity index (χ0n) is 15.5. The lowest BCUT2D eigenvalue weighted by molar-refractivity contribution is -0.132. The van der Waals surface area contributed by atoms with Gasteiger partial charge in [-0.3, -0.25) is 9.59 Å². The van der Waals surface area contributed by atoms with Gasteiger partial charge >= 0.3 is 0 Å². The second-order valence-electron chi connectivity index (χ2n) is 7.46. The van der Waals surface area contributed by atoms with Crippen LogP contribution in [0, 0.1) is 11.8 Å². The van der Waals surface area contributed by atoms with E-state index in [4.69, 9.17) is 5.11 Å². The monoisotopic (exact) mass is 352 g/mol. The molecule has 0 aliphatic carbocycles. The molecule has 7 nitrogen and oxygen atoms in total. The van der Waals surface area contributed by atoms with Crippen molar-refractivity contribution in [1.29, 1.82) is 0 Å². The fraction of sp³-hybridized carbons (Fsp3) is 0.833. The van der Waals surface area contributed by atoms with E-state index in [-0.39, 0.29) is 31.4 Å². The number of piperidine rings is 1. The first-order chi connectivity index (χ1) is 12.0. The number of hydrogen-bond acceptors (Lipinski definition) is 5. The summed E-state index contributed by atoms with van der Waals surface area (Å²) in [6.07, 6.45) is 4.12. The second-order valence-corrected chi connectivity index (χ2v) is 7.46. The van der Waals surface area contributed by atoms with Crippen LogP contribution in [0.25, 0.3) is 0 Å². The van der Waals surface area contributed by atoms with Crippen molar-refractivity contribution < 1.29 is 14.7 Å². The zero-order valence-corrected chi connectivity index (χ0v) is 15.5. The Bertz CT molecular complexity index is 485. The Morgan fingerprint density at radius 1 is 1.28 bits per heavy atom. The number of amides is 2. The largest absolute Gasteiger partial charge is 0.394 e. The van der Waals surface area contributed by atoms with E-state index in [9.17, 15) is 9.59 Å². The number of likely N-dealkylation sites (tertiary alicyclic amines) is 1. The maximum absolute atomic E-state index is 12.3. The van der Waals surface area contributed by atoms with Gasteiger partial charge in [0.05, 0.1) is 13.2 Å². The molecule has 2 N–H and O–H groups in total. The van der Waals surface area contributed by atoms with Crippen LogP contribution in [0.1, 0.15) is 46.0 Å². The average molecular weight is 352 g/mol. The number of carbonyl (C=O) groups is 2. The van der Waals surface area contributed by atoms with Crippen LogP contribution in [0.3, 0.4) is 0 Å². The SMILES string of the molecule is CC(C)CCN1CCC(CNC(=O)C2=NN(CCO)C(=O)CC2)CC1. The van der Waals surface area contributed by atoms with Crippen LogP contribution in [0.4, 0.5) is 0 Å². The smallest absolute Gasteiger partial charge is 0.267 e. The van der Waals surface area contributed by atoms with Gasteiger partial charge in [-0.1, -0.05) is 13.8 Å². The van der Waals surface area contributed by atoms with Gasteiger partial charge in [0, 0.05) is 19.4 Å². The molecule has 0 radical (unpaired) electrons. The molecule has 2 amide bonds. The number of carbonyl (C=O) groups excluding carboxylic acids is 2. The van der Waals surface area contributed by atoms with Crippen LogP contribution in [-0.2, 0) is 9.59 Å². The number of aliphatic hydroxyl groups excluding tert-OH is 1. The van der Waals surface area contributed by atoms with E-state index in [0.717, 1.165) is 31.8 Å². The predicted molar refractivity (Wildman–Crippen MR) is 97.1 cm³/mol. The molecule has 1 fully saturated rings. The normalized spacial score (nSPS) is 20.1. The molecule has 0 aromatic carbocycles. The van der Waals surface area contributed by atoms with E-state index in [1.54, 1.807) is 0 Å². The van der Waals surface area contributed by atoms with E-state index < -0.39 is 0 Å². The molecule has 142 valence electrons. The Hall–Kier alpha value is -1.47. The highest BCUT2D eigenvalue weighted by atomic mass is 16.3. The van der Waals surface area contributed by atoms with Gasteiger partial charge < -0.3 is 15.3 Å². The maximum Gasteiger partial charge on any atom is 0.267 e. The third-order valence-corrected chi connectivity index (χ3v) is 4.96. The van der Waals surface area contributed by atoms with Crippen molar-refractivity contribution in [2.45, 2.75) is 46.0 Å². The van der Waals surface area contributed by atoms with Crippen molar-refractivity contribution >= 4 is 17.5 Å². The Balaban J connectivity index is 1.72. The molecule has 0 saturated carbocycles. The van der Waals surface area contributed by atoms with Gasteiger partial charge in [-0.05, 0) is 50.7 Å². The van der Waals surface area contributed by atoms with Gasteiger partial charge in [0.15, 0.2) is 0 Å². The summed E-state index contributed by atoms with van der Waals surface area (Å²) in [5.41, 5.74) is 0.391. The molecule has 0 spiro atoms. The number of rotatable bonds is 8. The second kappa shape index (κ2) is 9.87. The molecule has 25 heavy (non-hydrogen) atoms.